The Balaban J connectivity index is 1.24. The molecule has 1 aliphatic rings. The van der Waals surface area contributed by atoms with Crippen LogP contribution >= 0.6 is 11.8 Å². The molecule has 0 bridgehead atoms. The second kappa shape index (κ2) is 7.93. The zero-order valence-corrected chi connectivity index (χ0v) is 15.6. The van der Waals surface area contributed by atoms with Crippen molar-refractivity contribution in [1.82, 2.24) is 15.1 Å². The summed E-state index contributed by atoms with van der Waals surface area (Å²) in [6, 6.07) is 12.7. The van der Waals surface area contributed by atoms with Gasteiger partial charge in [0, 0.05) is 17.9 Å². The summed E-state index contributed by atoms with van der Waals surface area (Å²) in [5.74, 6) is 0.279. The molecule has 0 saturated heterocycles. The number of benzene rings is 2. The summed E-state index contributed by atoms with van der Waals surface area (Å²) in [5, 5.41) is 8.37. The van der Waals surface area contributed by atoms with Gasteiger partial charge in [0.1, 0.15) is 5.82 Å². The molecular formula is C20H16FN3O3S. The van der Waals surface area contributed by atoms with Gasteiger partial charge in [-0.05, 0) is 49.2 Å². The van der Waals surface area contributed by atoms with Crippen LogP contribution in [-0.4, -0.2) is 39.2 Å². The first-order valence-electron chi connectivity index (χ1n) is 8.81. The lowest BCUT2D eigenvalue weighted by atomic mass is 10.1. The molecule has 1 aromatic heterocycles. The number of rotatable bonds is 7. The number of unbranched alkanes of at least 4 members (excludes halogenated alkanes) is 1. The SMILES string of the molecule is O=C1c2ccccc2C(=O)N1CCCCSc1nnc(-c2ccc(F)cc2)o1. The van der Waals surface area contributed by atoms with E-state index < -0.39 is 0 Å². The Morgan fingerprint density at radius 1 is 0.929 bits per heavy atom. The molecule has 0 radical (unpaired) electrons. The maximum Gasteiger partial charge on any atom is 0.276 e. The molecule has 8 heteroatoms. The Morgan fingerprint density at radius 2 is 1.61 bits per heavy atom. The number of imide groups is 1. The fraction of sp³-hybridized carbons (Fsp3) is 0.200. The zero-order valence-electron chi connectivity index (χ0n) is 14.8. The van der Waals surface area contributed by atoms with E-state index in [-0.39, 0.29) is 17.6 Å². The van der Waals surface area contributed by atoms with Gasteiger partial charge in [-0.15, -0.1) is 10.2 Å². The van der Waals surface area contributed by atoms with Crippen LogP contribution in [0.25, 0.3) is 11.5 Å². The van der Waals surface area contributed by atoms with Crippen molar-refractivity contribution in [2.24, 2.45) is 0 Å². The number of amides is 2. The second-order valence-electron chi connectivity index (χ2n) is 6.24. The molecule has 0 saturated carbocycles. The molecule has 6 nitrogen and oxygen atoms in total. The minimum atomic E-state index is -0.323. The molecule has 1 aliphatic heterocycles. The molecule has 2 amide bonds. The zero-order chi connectivity index (χ0) is 19.5. The third-order valence-electron chi connectivity index (χ3n) is 4.38. The summed E-state index contributed by atoms with van der Waals surface area (Å²) < 4.78 is 18.5. The lowest BCUT2D eigenvalue weighted by Gasteiger charge is -2.13. The minimum Gasteiger partial charge on any atom is -0.411 e. The third-order valence-corrected chi connectivity index (χ3v) is 5.28. The summed E-state index contributed by atoms with van der Waals surface area (Å²) in [6.07, 6.45) is 1.48. The fourth-order valence-corrected chi connectivity index (χ4v) is 3.71. The molecule has 0 spiro atoms. The van der Waals surface area contributed by atoms with Gasteiger partial charge in [-0.1, -0.05) is 23.9 Å². The van der Waals surface area contributed by atoms with Gasteiger partial charge in [0.15, 0.2) is 0 Å². The van der Waals surface area contributed by atoms with Crippen molar-refractivity contribution in [3.63, 3.8) is 0 Å². The second-order valence-corrected chi connectivity index (χ2v) is 7.29. The maximum atomic E-state index is 13.0. The largest absolute Gasteiger partial charge is 0.411 e. The lowest BCUT2D eigenvalue weighted by molar-refractivity contribution is 0.0652. The summed E-state index contributed by atoms with van der Waals surface area (Å²) in [4.78, 5) is 25.9. The van der Waals surface area contributed by atoms with Gasteiger partial charge in [0.05, 0.1) is 11.1 Å². The maximum absolute atomic E-state index is 13.0. The molecule has 0 unspecified atom stereocenters. The number of halogens is 1. The van der Waals surface area contributed by atoms with E-state index in [9.17, 15) is 14.0 Å². The molecule has 28 heavy (non-hydrogen) atoms. The average Bonchev–Trinajstić information content (AvgIpc) is 3.27. The van der Waals surface area contributed by atoms with E-state index in [1.165, 1.54) is 28.8 Å². The van der Waals surface area contributed by atoms with E-state index in [0.29, 0.717) is 46.5 Å². The fourth-order valence-electron chi connectivity index (χ4n) is 2.95. The first-order chi connectivity index (χ1) is 13.6. The van der Waals surface area contributed by atoms with E-state index in [0.717, 1.165) is 6.42 Å². The Bertz CT molecular complexity index is 985. The van der Waals surface area contributed by atoms with E-state index in [2.05, 4.69) is 10.2 Å². The van der Waals surface area contributed by atoms with Crippen LogP contribution in [0.5, 0.6) is 0 Å². The molecule has 0 aliphatic carbocycles. The number of fused-ring (bicyclic) bond motifs is 1. The quantitative estimate of drug-likeness (QED) is 0.340. The van der Waals surface area contributed by atoms with E-state index in [1.54, 1.807) is 36.4 Å². The van der Waals surface area contributed by atoms with E-state index in [4.69, 9.17) is 4.42 Å². The number of nitrogens with zero attached hydrogens (tertiary/aromatic N) is 3. The standard InChI is InChI=1S/C20H16FN3O3S/c21-14-9-7-13(8-10-14)17-22-23-20(27-17)28-12-4-3-11-24-18(25)15-5-1-2-6-16(15)19(24)26/h1-2,5-10H,3-4,11-12H2. The number of thioether (sulfide) groups is 1. The van der Waals surface area contributed by atoms with Crippen molar-refractivity contribution in [3.8, 4) is 11.5 Å². The van der Waals surface area contributed by atoms with Gasteiger partial charge in [-0.3, -0.25) is 14.5 Å². The van der Waals surface area contributed by atoms with Gasteiger partial charge < -0.3 is 4.42 Å². The summed E-state index contributed by atoms with van der Waals surface area (Å²) >= 11 is 1.41. The van der Waals surface area contributed by atoms with Crippen LogP contribution in [0.2, 0.25) is 0 Å². The van der Waals surface area contributed by atoms with Gasteiger partial charge >= 0.3 is 0 Å². The molecule has 2 aromatic carbocycles. The van der Waals surface area contributed by atoms with Crippen LogP contribution in [0.3, 0.4) is 0 Å². The number of carbonyl (C=O) groups excluding carboxylic acids is 2. The van der Waals surface area contributed by atoms with Gasteiger partial charge in [0.25, 0.3) is 17.0 Å². The van der Waals surface area contributed by atoms with Crippen LogP contribution in [0.4, 0.5) is 4.39 Å². The molecule has 142 valence electrons. The number of hydrogen-bond donors (Lipinski definition) is 0. The van der Waals surface area contributed by atoms with Crippen molar-refractivity contribution in [2.75, 3.05) is 12.3 Å². The van der Waals surface area contributed by atoms with Crippen LogP contribution < -0.4 is 0 Å². The van der Waals surface area contributed by atoms with E-state index in [1.807, 2.05) is 0 Å². The number of aromatic nitrogens is 2. The molecule has 0 atom stereocenters. The van der Waals surface area contributed by atoms with Crippen molar-refractivity contribution >= 4 is 23.6 Å². The summed E-state index contributed by atoms with van der Waals surface area (Å²) in [7, 11) is 0. The molecule has 4 rings (SSSR count). The van der Waals surface area contributed by atoms with Gasteiger partial charge in [0.2, 0.25) is 5.89 Å². The van der Waals surface area contributed by atoms with Crippen molar-refractivity contribution in [1.29, 1.82) is 0 Å². The molecule has 2 heterocycles. The summed E-state index contributed by atoms with van der Waals surface area (Å²) in [6.45, 7) is 0.386. The van der Waals surface area contributed by atoms with Crippen molar-refractivity contribution in [2.45, 2.75) is 18.1 Å². The minimum absolute atomic E-state index is 0.228. The Hall–Kier alpha value is -3.00. The monoisotopic (exact) mass is 397 g/mol. The molecule has 0 fully saturated rings. The molecule has 3 aromatic rings. The Kier molecular flexibility index (Phi) is 5.21. The van der Waals surface area contributed by atoms with Crippen molar-refractivity contribution in [3.05, 3.63) is 65.5 Å². The highest BCUT2D eigenvalue weighted by molar-refractivity contribution is 7.99. The highest BCUT2D eigenvalue weighted by Crippen LogP contribution is 2.25. The predicted octanol–water partition coefficient (Wildman–Crippen LogP) is 4.04. The molecular weight excluding hydrogens is 381 g/mol. The number of carbonyl (C=O) groups is 2. The van der Waals surface area contributed by atoms with Crippen LogP contribution in [0.15, 0.2) is 58.2 Å². The first-order valence-corrected chi connectivity index (χ1v) is 9.79. The van der Waals surface area contributed by atoms with Gasteiger partial charge in [-0.2, -0.15) is 0 Å². The third kappa shape index (κ3) is 3.68. The predicted molar refractivity (Wildman–Crippen MR) is 101 cm³/mol. The summed E-state index contributed by atoms with van der Waals surface area (Å²) in [5.41, 5.74) is 1.61. The van der Waals surface area contributed by atoms with E-state index >= 15 is 0 Å². The van der Waals surface area contributed by atoms with Crippen LogP contribution in [0, 0.1) is 5.82 Å². The van der Waals surface area contributed by atoms with Gasteiger partial charge in [-0.25, -0.2) is 4.39 Å². The smallest absolute Gasteiger partial charge is 0.276 e. The normalized spacial score (nSPS) is 13.2. The highest BCUT2D eigenvalue weighted by Gasteiger charge is 2.34. The van der Waals surface area contributed by atoms with Crippen LogP contribution in [0.1, 0.15) is 33.6 Å². The Morgan fingerprint density at radius 3 is 2.29 bits per heavy atom. The van der Waals surface area contributed by atoms with Crippen molar-refractivity contribution < 1.29 is 18.4 Å². The Labute approximate surface area is 164 Å². The molecule has 0 N–H and O–H groups in total. The average molecular weight is 397 g/mol. The van der Waals surface area contributed by atoms with Crippen LogP contribution in [-0.2, 0) is 0 Å². The highest BCUT2D eigenvalue weighted by atomic mass is 32.2. The first kappa shape index (κ1) is 18.4. The topological polar surface area (TPSA) is 76.3 Å². The number of hydrogen-bond acceptors (Lipinski definition) is 6. The lowest BCUT2D eigenvalue weighted by Crippen LogP contribution is -2.30.